The van der Waals surface area contributed by atoms with E-state index in [1.54, 1.807) is 24.3 Å². The monoisotopic (exact) mass is 617 g/mol. The molecule has 3 atom stereocenters. The maximum absolute atomic E-state index is 15.7. The Labute approximate surface area is 253 Å². The number of aliphatic carboxylic acids is 1. The van der Waals surface area contributed by atoms with E-state index in [0.717, 1.165) is 25.7 Å². The maximum Gasteiger partial charge on any atom is 0.321 e. The molecule has 2 spiro atoms. The van der Waals surface area contributed by atoms with Gasteiger partial charge in [0, 0.05) is 34.3 Å². The smallest absolute Gasteiger partial charge is 0.321 e. The van der Waals surface area contributed by atoms with Crippen molar-refractivity contribution in [3.8, 4) is 0 Å². The Morgan fingerprint density at radius 2 is 1.74 bits per heavy atom. The summed E-state index contributed by atoms with van der Waals surface area (Å²) in [6.45, 7) is 0. The molecular formula is C31H34Cl2FN3O5. The highest BCUT2D eigenvalue weighted by Crippen LogP contribution is 2.62. The number of nitrogens with one attached hydrogen (secondary N) is 3. The number of carbonyl (C=O) groups is 3. The summed E-state index contributed by atoms with van der Waals surface area (Å²) in [5.74, 6) is -3.52. The van der Waals surface area contributed by atoms with Crippen LogP contribution in [0, 0.1) is 11.7 Å². The molecule has 1 amide bonds. The second kappa shape index (κ2) is 11.1. The number of halogens is 3. The van der Waals surface area contributed by atoms with Gasteiger partial charge in [0.1, 0.15) is 17.3 Å². The Kier molecular flexibility index (Phi) is 7.75. The molecule has 0 radical (unpaired) electrons. The predicted molar refractivity (Wildman–Crippen MR) is 156 cm³/mol. The van der Waals surface area contributed by atoms with Crippen LogP contribution in [0.15, 0.2) is 36.4 Å². The lowest BCUT2D eigenvalue weighted by molar-refractivity contribution is -0.146. The number of methoxy groups -OCH3 is 1. The van der Waals surface area contributed by atoms with Gasteiger partial charge in [-0.2, -0.15) is 0 Å². The summed E-state index contributed by atoms with van der Waals surface area (Å²) in [5, 5.41) is 20.9. The fraction of sp³-hybridized carbons (Fsp3) is 0.516. The number of fused-ring (bicyclic) bond motifs is 3. The zero-order valence-corrected chi connectivity index (χ0v) is 24.7. The zero-order valence-electron chi connectivity index (χ0n) is 23.2. The van der Waals surface area contributed by atoms with Gasteiger partial charge in [0.25, 0.3) is 0 Å². The molecule has 42 heavy (non-hydrogen) atoms. The molecule has 11 heteroatoms. The largest absolute Gasteiger partial charge is 0.480 e. The van der Waals surface area contributed by atoms with Crippen molar-refractivity contribution in [2.75, 3.05) is 12.4 Å². The van der Waals surface area contributed by atoms with Crippen molar-refractivity contribution in [3.63, 3.8) is 0 Å². The van der Waals surface area contributed by atoms with E-state index in [-0.39, 0.29) is 40.5 Å². The summed E-state index contributed by atoms with van der Waals surface area (Å²) in [5.41, 5.74) is -1.15. The van der Waals surface area contributed by atoms with Crippen LogP contribution in [0.25, 0.3) is 0 Å². The van der Waals surface area contributed by atoms with E-state index >= 15 is 4.39 Å². The molecule has 3 fully saturated rings. The first-order valence-corrected chi connectivity index (χ1v) is 15.3. The second-order valence-corrected chi connectivity index (χ2v) is 13.0. The van der Waals surface area contributed by atoms with Crippen LogP contribution >= 0.6 is 23.2 Å². The summed E-state index contributed by atoms with van der Waals surface area (Å²) < 4.78 is 20.6. The lowest BCUT2D eigenvalue weighted by Gasteiger charge is -2.49. The number of hydrogen-bond acceptors (Lipinski definition) is 6. The van der Waals surface area contributed by atoms with E-state index in [0.29, 0.717) is 42.0 Å². The molecule has 2 aliphatic carbocycles. The first-order chi connectivity index (χ1) is 20.1. The number of benzene rings is 2. The Morgan fingerprint density at radius 1 is 1.05 bits per heavy atom. The highest BCUT2D eigenvalue weighted by atomic mass is 35.5. The molecule has 2 aromatic carbocycles. The molecule has 8 nitrogen and oxygen atoms in total. The number of carboxylic acid groups (broad SMARTS) is 1. The third-order valence-electron chi connectivity index (χ3n) is 10.2. The molecule has 2 aliphatic heterocycles. The molecule has 2 heterocycles. The normalized spacial score (nSPS) is 33.9. The summed E-state index contributed by atoms with van der Waals surface area (Å²) >= 11 is 12.5. The van der Waals surface area contributed by atoms with Crippen LogP contribution in [-0.4, -0.2) is 53.7 Å². The number of esters is 1. The molecule has 4 aliphatic rings. The van der Waals surface area contributed by atoms with Crippen LogP contribution in [0.2, 0.25) is 10.0 Å². The van der Waals surface area contributed by atoms with Gasteiger partial charge in [-0.15, -0.1) is 0 Å². The first-order valence-electron chi connectivity index (χ1n) is 14.5. The molecule has 1 saturated heterocycles. The van der Waals surface area contributed by atoms with E-state index < -0.39 is 34.7 Å². The SMILES string of the molecule is COC(=O)C1CCC(NC2CCC3(CC2)N[C@@H](C(=O)O)[C@H](c2cccc(Cl)c2F)[C@]32C(=O)Nc3cc(Cl)ccc32)CC1. The molecule has 2 aromatic rings. The van der Waals surface area contributed by atoms with Crippen molar-refractivity contribution < 1.29 is 28.6 Å². The van der Waals surface area contributed by atoms with Gasteiger partial charge in [-0.25, -0.2) is 4.39 Å². The van der Waals surface area contributed by atoms with Crippen molar-refractivity contribution in [3.05, 3.63) is 63.4 Å². The Morgan fingerprint density at radius 3 is 2.40 bits per heavy atom. The third-order valence-corrected chi connectivity index (χ3v) is 10.7. The summed E-state index contributed by atoms with van der Waals surface area (Å²) in [4.78, 5) is 39.1. The molecule has 4 N–H and O–H groups in total. The number of hydrogen-bond donors (Lipinski definition) is 4. The molecule has 0 bridgehead atoms. The number of ether oxygens (including phenoxy) is 1. The number of anilines is 1. The van der Waals surface area contributed by atoms with Crippen LogP contribution in [0.4, 0.5) is 10.1 Å². The first kappa shape index (κ1) is 29.4. The van der Waals surface area contributed by atoms with Gasteiger partial charge in [0.2, 0.25) is 5.91 Å². The minimum absolute atomic E-state index is 0.0588. The van der Waals surface area contributed by atoms with Crippen LogP contribution < -0.4 is 16.0 Å². The van der Waals surface area contributed by atoms with E-state index in [9.17, 15) is 19.5 Å². The second-order valence-electron chi connectivity index (χ2n) is 12.1. The van der Waals surface area contributed by atoms with Crippen molar-refractivity contribution in [1.29, 1.82) is 0 Å². The summed E-state index contributed by atoms with van der Waals surface area (Å²) in [6.07, 6.45) is 5.68. The Hall–Kier alpha value is -2.72. The molecule has 224 valence electrons. The average Bonchev–Trinajstić information content (AvgIpc) is 3.43. The Bertz CT molecular complexity index is 1420. The van der Waals surface area contributed by atoms with Crippen molar-refractivity contribution in [2.24, 2.45) is 5.92 Å². The van der Waals surface area contributed by atoms with Crippen LogP contribution in [0.1, 0.15) is 68.4 Å². The van der Waals surface area contributed by atoms with Crippen LogP contribution in [0.5, 0.6) is 0 Å². The van der Waals surface area contributed by atoms with Gasteiger partial charge >= 0.3 is 11.9 Å². The predicted octanol–water partition coefficient (Wildman–Crippen LogP) is 5.17. The van der Waals surface area contributed by atoms with Crippen molar-refractivity contribution >= 4 is 46.7 Å². The van der Waals surface area contributed by atoms with Crippen molar-refractivity contribution in [2.45, 2.75) is 86.4 Å². The fourth-order valence-corrected chi connectivity index (χ4v) is 8.68. The topological polar surface area (TPSA) is 117 Å². The number of amides is 1. The lowest BCUT2D eigenvalue weighted by Crippen LogP contribution is -2.62. The minimum atomic E-state index is -1.41. The van der Waals surface area contributed by atoms with Gasteiger partial charge in [-0.05, 0) is 80.7 Å². The number of rotatable bonds is 5. The average molecular weight is 619 g/mol. The molecule has 6 rings (SSSR count). The number of carboxylic acids is 1. The Balaban J connectivity index is 1.35. The van der Waals surface area contributed by atoms with Gasteiger partial charge < -0.3 is 20.5 Å². The van der Waals surface area contributed by atoms with Gasteiger partial charge in [-0.3, -0.25) is 19.7 Å². The maximum atomic E-state index is 15.7. The zero-order chi connectivity index (χ0) is 29.8. The summed E-state index contributed by atoms with van der Waals surface area (Å²) in [6, 6.07) is 8.85. The van der Waals surface area contributed by atoms with E-state index in [1.807, 2.05) is 0 Å². The summed E-state index contributed by atoms with van der Waals surface area (Å²) in [7, 11) is 1.42. The van der Waals surface area contributed by atoms with E-state index in [1.165, 1.54) is 19.2 Å². The molecule has 0 unspecified atom stereocenters. The molecule has 2 saturated carbocycles. The quantitative estimate of drug-likeness (QED) is 0.342. The number of carbonyl (C=O) groups excluding carboxylic acids is 2. The van der Waals surface area contributed by atoms with E-state index in [4.69, 9.17) is 27.9 Å². The van der Waals surface area contributed by atoms with Gasteiger partial charge in [0.05, 0.1) is 18.1 Å². The highest BCUT2D eigenvalue weighted by molar-refractivity contribution is 6.31. The van der Waals surface area contributed by atoms with Crippen LogP contribution in [0.3, 0.4) is 0 Å². The standard InChI is InChI=1S/C31H34Cl2FN3O5/c1-42-28(40)16-5-8-18(9-6-16)35-19-11-13-30(14-12-19)31(21-10-7-17(32)15-23(21)36-29(31)41)24(26(37-30)27(38)39)20-3-2-4-22(33)25(20)34/h2-4,7,10,15-16,18-19,24,26,35,37H,5-6,8-9,11-14H2,1H3,(H,36,41)(H,38,39)/t16?,18?,19?,24-,26+,30?,31+/m0/s1. The van der Waals surface area contributed by atoms with Crippen molar-refractivity contribution in [1.82, 2.24) is 10.6 Å². The van der Waals surface area contributed by atoms with Crippen LogP contribution in [-0.2, 0) is 24.5 Å². The molecular weight excluding hydrogens is 584 g/mol. The minimum Gasteiger partial charge on any atom is -0.480 e. The highest BCUT2D eigenvalue weighted by Gasteiger charge is 2.72. The van der Waals surface area contributed by atoms with Gasteiger partial charge in [0.15, 0.2) is 0 Å². The third kappa shape index (κ3) is 4.51. The van der Waals surface area contributed by atoms with Gasteiger partial charge in [-0.1, -0.05) is 41.4 Å². The van der Waals surface area contributed by atoms with E-state index in [2.05, 4.69) is 16.0 Å². The molecule has 0 aromatic heterocycles. The fourth-order valence-electron chi connectivity index (χ4n) is 8.32. The lowest BCUT2D eigenvalue weighted by atomic mass is 9.55.